The van der Waals surface area contributed by atoms with Gasteiger partial charge in [-0.25, -0.2) is 13.4 Å². The van der Waals surface area contributed by atoms with E-state index in [1.165, 1.54) is 16.8 Å². The molecule has 2 aromatic rings. The van der Waals surface area contributed by atoms with Crippen LogP contribution in [-0.2, 0) is 15.6 Å². The molecule has 0 spiro atoms. The second kappa shape index (κ2) is 3.42. The summed E-state index contributed by atoms with van der Waals surface area (Å²) in [6, 6.07) is 1.51. The Kier molecular flexibility index (Phi) is 2.35. The fourth-order valence-corrected chi connectivity index (χ4v) is 1.96. The van der Waals surface area contributed by atoms with Crippen LogP contribution in [0.25, 0.3) is 5.65 Å². The van der Waals surface area contributed by atoms with E-state index >= 15 is 0 Å². The Labute approximate surface area is 90.8 Å². The standard InChI is InChI=1S/C7H7ClN4O2S/c1-15(13,14)3-7-11-10-6-2-5(8)9-4-12(6)7/h2,4H,3H2,1H3. The minimum Gasteiger partial charge on any atom is -0.268 e. The fourth-order valence-electron chi connectivity index (χ4n) is 1.15. The Bertz CT molecular complexity index is 606. The van der Waals surface area contributed by atoms with Crippen molar-refractivity contribution in [1.29, 1.82) is 0 Å². The highest BCUT2D eigenvalue weighted by Gasteiger charge is 2.11. The first-order valence-corrected chi connectivity index (χ1v) is 6.42. The molecule has 2 heterocycles. The molecule has 0 saturated heterocycles. The zero-order chi connectivity index (χ0) is 11.1. The van der Waals surface area contributed by atoms with Crippen molar-refractivity contribution in [1.82, 2.24) is 19.6 Å². The van der Waals surface area contributed by atoms with E-state index in [1.807, 2.05) is 0 Å². The van der Waals surface area contributed by atoms with Crippen LogP contribution in [0.3, 0.4) is 0 Å². The van der Waals surface area contributed by atoms with Crippen molar-refractivity contribution in [3.63, 3.8) is 0 Å². The van der Waals surface area contributed by atoms with E-state index in [0.717, 1.165) is 6.26 Å². The van der Waals surface area contributed by atoms with Crippen LogP contribution in [0.15, 0.2) is 12.4 Å². The minimum absolute atomic E-state index is 0.169. The fraction of sp³-hybridized carbons (Fsp3) is 0.286. The molecule has 8 heteroatoms. The molecule has 15 heavy (non-hydrogen) atoms. The molecule has 2 aromatic heterocycles. The maximum Gasteiger partial charge on any atom is 0.165 e. The maximum atomic E-state index is 11.1. The first-order chi connectivity index (χ1) is 6.96. The van der Waals surface area contributed by atoms with Crippen molar-refractivity contribution in [3.8, 4) is 0 Å². The van der Waals surface area contributed by atoms with Crippen LogP contribution in [0.1, 0.15) is 5.82 Å². The topological polar surface area (TPSA) is 77.2 Å². The van der Waals surface area contributed by atoms with E-state index in [4.69, 9.17) is 11.6 Å². The molecule has 0 N–H and O–H groups in total. The van der Waals surface area contributed by atoms with Gasteiger partial charge in [0.05, 0.1) is 0 Å². The van der Waals surface area contributed by atoms with E-state index in [-0.39, 0.29) is 5.75 Å². The van der Waals surface area contributed by atoms with Crippen LogP contribution in [-0.4, -0.2) is 34.3 Å². The number of rotatable bonds is 2. The minimum atomic E-state index is -3.13. The summed E-state index contributed by atoms with van der Waals surface area (Å²) in [6.07, 6.45) is 2.54. The quantitative estimate of drug-likeness (QED) is 0.714. The lowest BCUT2D eigenvalue weighted by atomic mass is 10.6. The van der Waals surface area contributed by atoms with Gasteiger partial charge in [-0.15, -0.1) is 10.2 Å². The van der Waals surface area contributed by atoms with E-state index in [9.17, 15) is 8.42 Å². The summed E-state index contributed by atoms with van der Waals surface area (Å²) in [5, 5.41) is 7.84. The average Bonchev–Trinajstić information content (AvgIpc) is 2.45. The number of aromatic nitrogens is 4. The number of fused-ring (bicyclic) bond motifs is 1. The van der Waals surface area contributed by atoms with Crippen molar-refractivity contribution in [2.24, 2.45) is 0 Å². The lowest BCUT2D eigenvalue weighted by Crippen LogP contribution is -2.05. The van der Waals surface area contributed by atoms with Crippen LogP contribution >= 0.6 is 11.6 Å². The zero-order valence-electron chi connectivity index (χ0n) is 7.75. The van der Waals surface area contributed by atoms with E-state index < -0.39 is 9.84 Å². The number of hydrogen-bond acceptors (Lipinski definition) is 5. The van der Waals surface area contributed by atoms with Gasteiger partial charge in [0.25, 0.3) is 0 Å². The zero-order valence-corrected chi connectivity index (χ0v) is 9.33. The van der Waals surface area contributed by atoms with Gasteiger partial charge >= 0.3 is 0 Å². The van der Waals surface area contributed by atoms with Crippen molar-refractivity contribution >= 4 is 27.1 Å². The van der Waals surface area contributed by atoms with E-state index in [1.54, 1.807) is 0 Å². The molecule has 0 aliphatic carbocycles. The van der Waals surface area contributed by atoms with Crippen LogP contribution in [0.5, 0.6) is 0 Å². The highest BCUT2D eigenvalue weighted by atomic mass is 35.5. The highest BCUT2D eigenvalue weighted by Crippen LogP contribution is 2.09. The molecular weight excluding hydrogens is 240 g/mol. The first-order valence-electron chi connectivity index (χ1n) is 3.98. The molecule has 0 aliphatic rings. The SMILES string of the molecule is CS(=O)(=O)Cc1nnc2cc(Cl)ncn12. The second-order valence-electron chi connectivity index (χ2n) is 3.13. The highest BCUT2D eigenvalue weighted by molar-refractivity contribution is 7.89. The number of nitrogens with zero attached hydrogens (tertiary/aromatic N) is 4. The van der Waals surface area contributed by atoms with Crippen LogP contribution in [0.4, 0.5) is 0 Å². The smallest absolute Gasteiger partial charge is 0.165 e. The van der Waals surface area contributed by atoms with Crippen molar-refractivity contribution < 1.29 is 8.42 Å². The van der Waals surface area contributed by atoms with Gasteiger partial charge in [0, 0.05) is 12.3 Å². The Balaban J connectivity index is 2.55. The Morgan fingerprint density at radius 2 is 2.20 bits per heavy atom. The van der Waals surface area contributed by atoms with Gasteiger partial charge in [-0.1, -0.05) is 11.6 Å². The molecule has 0 saturated carbocycles. The molecule has 80 valence electrons. The summed E-state index contributed by atoms with van der Waals surface area (Å²) in [5.74, 6) is 0.161. The molecule has 0 unspecified atom stereocenters. The summed E-state index contributed by atoms with van der Waals surface area (Å²) < 4.78 is 23.7. The van der Waals surface area contributed by atoms with Crippen molar-refractivity contribution in [3.05, 3.63) is 23.4 Å². The Morgan fingerprint density at radius 1 is 1.47 bits per heavy atom. The number of halogens is 1. The summed E-state index contributed by atoms with van der Waals surface area (Å²) in [5.41, 5.74) is 0.480. The molecule has 0 bridgehead atoms. The Morgan fingerprint density at radius 3 is 2.87 bits per heavy atom. The van der Waals surface area contributed by atoms with Crippen molar-refractivity contribution in [2.75, 3.05) is 6.26 Å². The van der Waals surface area contributed by atoms with E-state index in [0.29, 0.717) is 16.6 Å². The van der Waals surface area contributed by atoms with Crippen LogP contribution in [0, 0.1) is 0 Å². The molecular formula is C7H7ClN4O2S. The predicted octanol–water partition coefficient (Wildman–Crippen LogP) is 0.322. The summed E-state index contributed by atoms with van der Waals surface area (Å²) in [7, 11) is -3.13. The van der Waals surface area contributed by atoms with Crippen molar-refractivity contribution in [2.45, 2.75) is 5.75 Å². The van der Waals surface area contributed by atoms with Gasteiger partial charge in [-0.2, -0.15) is 0 Å². The summed E-state index contributed by atoms with van der Waals surface area (Å²) in [4.78, 5) is 3.82. The lowest BCUT2D eigenvalue weighted by molar-refractivity contribution is 0.599. The summed E-state index contributed by atoms with van der Waals surface area (Å²) >= 11 is 5.65. The Hall–Kier alpha value is -1.21. The molecule has 2 rings (SSSR count). The number of sulfone groups is 1. The normalized spacial score (nSPS) is 12.1. The monoisotopic (exact) mass is 246 g/mol. The van der Waals surface area contributed by atoms with Gasteiger partial charge < -0.3 is 0 Å². The second-order valence-corrected chi connectivity index (χ2v) is 5.65. The first kappa shape index (κ1) is 10.3. The number of hydrogen-bond donors (Lipinski definition) is 0. The van der Waals surface area contributed by atoms with Crippen LogP contribution in [0.2, 0.25) is 5.15 Å². The third-order valence-electron chi connectivity index (χ3n) is 1.73. The van der Waals surface area contributed by atoms with Crippen LogP contribution < -0.4 is 0 Å². The largest absolute Gasteiger partial charge is 0.268 e. The lowest BCUT2D eigenvalue weighted by Gasteiger charge is -1.97. The van der Waals surface area contributed by atoms with Gasteiger partial charge in [0.15, 0.2) is 21.3 Å². The van der Waals surface area contributed by atoms with Gasteiger partial charge in [0.1, 0.15) is 17.2 Å². The summed E-state index contributed by atoms with van der Waals surface area (Å²) in [6.45, 7) is 0. The third-order valence-corrected chi connectivity index (χ3v) is 2.72. The predicted molar refractivity (Wildman–Crippen MR) is 54.3 cm³/mol. The molecule has 0 fully saturated rings. The molecule has 0 radical (unpaired) electrons. The van der Waals surface area contributed by atoms with E-state index in [2.05, 4.69) is 15.2 Å². The molecule has 0 aliphatic heterocycles. The average molecular weight is 247 g/mol. The molecule has 0 atom stereocenters. The van der Waals surface area contributed by atoms with Gasteiger partial charge in [-0.3, -0.25) is 4.40 Å². The van der Waals surface area contributed by atoms with Gasteiger partial charge in [0.2, 0.25) is 0 Å². The molecule has 0 aromatic carbocycles. The molecule has 6 nitrogen and oxygen atoms in total. The van der Waals surface area contributed by atoms with Gasteiger partial charge in [-0.05, 0) is 0 Å². The maximum absolute atomic E-state index is 11.1. The molecule has 0 amide bonds. The third kappa shape index (κ3) is 2.24.